The van der Waals surface area contributed by atoms with Gasteiger partial charge in [-0.15, -0.1) is 0 Å². The van der Waals surface area contributed by atoms with Crippen LogP contribution in [0, 0.1) is 0 Å². The van der Waals surface area contributed by atoms with E-state index in [4.69, 9.17) is 35.2 Å². The van der Waals surface area contributed by atoms with Crippen molar-refractivity contribution in [1.29, 1.82) is 0 Å². The molecule has 0 spiro atoms. The minimum absolute atomic E-state index is 0.0269. The molecule has 0 aromatic heterocycles. The fourth-order valence-electron chi connectivity index (χ4n) is 6.51. The molecule has 10 atom stereocenters. The van der Waals surface area contributed by atoms with E-state index in [0.717, 1.165) is 6.92 Å². The van der Waals surface area contributed by atoms with Crippen molar-refractivity contribution in [2.24, 2.45) is 22.9 Å². The molecule has 19 N–H and O–H groups in total. The summed E-state index contributed by atoms with van der Waals surface area (Å²) in [4.78, 5) is 129. The molecule has 0 saturated carbocycles. The third-order valence-corrected chi connectivity index (χ3v) is 11.1. The van der Waals surface area contributed by atoms with Crippen molar-refractivity contribution in [3.63, 3.8) is 0 Å². The minimum atomic E-state index is -1.73. The van der Waals surface area contributed by atoms with Crippen molar-refractivity contribution in [3.8, 4) is 0 Å². The summed E-state index contributed by atoms with van der Waals surface area (Å²) in [5.41, 5.74) is 22.9. The van der Waals surface area contributed by atoms with Gasteiger partial charge in [0.2, 0.25) is 47.3 Å². The zero-order valence-electron chi connectivity index (χ0n) is 40.0. The van der Waals surface area contributed by atoms with Crippen molar-refractivity contribution in [1.82, 2.24) is 42.5 Å². The molecule has 392 valence electrons. The Kier molecular flexibility index (Phi) is 28.6. The predicted molar refractivity (Wildman–Crippen MR) is 259 cm³/mol. The Bertz CT molecular complexity index is 1940. The van der Waals surface area contributed by atoms with Crippen LogP contribution in [0.1, 0.15) is 97.5 Å². The molecule has 0 aliphatic carbocycles. The number of nitrogens with one attached hydrogen (secondary N) is 8. The monoisotopic (exact) mass is 1010 g/mol. The summed E-state index contributed by atoms with van der Waals surface area (Å²) in [6.45, 7) is 5.87. The van der Waals surface area contributed by atoms with Gasteiger partial charge in [-0.05, 0) is 97.7 Å². The molecule has 0 fully saturated rings. The fourth-order valence-corrected chi connectivity index (χ4v) is 6.65. The second-order valence-electron chi connectivity index (χ2n) is 16.8. The number of aliphatic hydroxyl groups is 1. The fraction of sp³-hybridized carbons (Fsp3) is 0.614. The Morgan fingerprint density at radius 1 is 0.543 bits per heavy atom. The smallest absolute Gasteiger partial charge is 0.326 e. The molecule has 1 aromatic rings. The van der Waals surface area contributed by atoms with Crippen molar-refractivity contribution in [2.45, 2.75) is 159 Å². The third-order valence-electron chi connectivity index (χ3n) is 10.6. The Hall–Kier alpha value is -6.35. The number of primary amides is 1. The number of carbonyl (C=O) groups is 10. The molecule has 0 radical (unpaired) electrons. The largest absolute Gasteiger partial charge is 0.481 e. The van der Waals surface area contributed by atoms with Gasteiger partial charge in [-0.25, -0.2) is 4.79 Å². The minimum Gasteiger partial charge on any atom is -0.481 e. The van der Waals surface area contributed by atoms with Crippen LogP contribution in [0.2, 0.25) is 0 Å². The summed E-state index contributed by atoms with van der Waals surface area (Å²) in [6.07, 6.45) is -1.25. The maximum atomic E-state index is 13.8. The SMILES string of the molecule is C[C@H](N)C(=S)N[C@@H](CCCCN)C(=O)N[C@@H](CCC(=O)O)C(=O)N[C@H](C(=O)N[C@@H](C)C(=O)N[C@@H](C)C(=O)N[C@@H](CCCCN)C(=O)N[C@@H](Cc1ccccc1)C(=O)N[C@@H](CCC(N)=O)C(=O)O)[C@@H](C)O. The first-order valence-corrected chi connectivity index (χ1v) is 23.4. The number of hydrogen-bond acceptors (Lipinski definition) is 15. The van der Waals surface area contributed by atoms with Crippen LogP contribution >= 0.6 is 12.2 Å². The Balaban J connectivity index is 3.19. The zero-order valence-corrected chi connectivity index (χ0v) is 40.8. The number of aliphatic carboxylic acids is 2. The quantitative estimate of drug-likeness (QED) is 0.0232. The molecular formula is C44H72N12O13S. The van der Waals surface area contributed by atoms with E-state index in [1.807, 2.05) is 0 Å². The van der Waals surface area contributed by atoms with Crippen LogP contribution in [0.25, 0.3) is 0 Å². The number of carbonyl (C=O) groups excluding carboxylic acids is 8. The first-order valence-electron chi connectivity index (χ1n) is 23.0. The average molecular weight is 1010 g/mol. The van der Waals surface area contributed by atoms with Crippen molar-refractivity contribution in [2.75, 3.05) is 13.1 Å². The van der Waals surface area contributed by atoms with Gasteiger partial charge in [0.1, 0.15) is 48.3 Å². The first kappa shape index (κ1) is 61.7. The van der Waals surface area contributed by atoms with Crippen LogP contribution in [0.5, 0.6) is 0 Å². The molecular weight excluding hydrogens is 937 g/mol. The van der Waals surface area contributed by atoms with Crippen LogP contribution in [0.3, 0.4) is 0 Å². The van der Waals surface area contributed by atoms with Gasteiger partial charge in [0, 0.05) is 19.3 Å². The molecule has 8 amide bonds. The van der Waals surface area contributed by atoms with E-state index in [-0.39, 0.29) is 43.6 Å². The Labute approximate surface area is 411 Å². The third kappa shape index (κ3) is 23.8. The first-order chi connectivity index (χ1) is 32.9. The second kappa shape index (κ2) is 32.5. The summed E-state index contributed by atoms with van der Waals surface area (Å²) < 4.78 is 0. The molecule has 70 heavy (non-hydrogen) atoms. The van der Waals surface area contributed by atoms with Gasteiger partial charge in [-0.2, -0.15) is 0 Å². The maximum Gasteiger partial charge on any atom is 0.326 e. The van der Waals surface area contributed by atoms with E-state index in [1.165, 1.54) is 13.8 Å². The van der Waals surface area contributed by atoms with Crippen LogP contribution in [0.15, 0.2) is 30.3 Å². The topological polar surface area (TPSA) is 432 Å². The van der Waals surface area contributed by atoms with Crippen LogP contribution < -0.4 is 65.5 Å². The number of carboxylic acids is 2. The van der Waals surface area contributed by atoms with E-state index in [9.17, 15) is 63.3 Å². The summed E-state index contributed by atoms with van der Waals surface area (Å²) >= 11 is 5.24. The number of unbranched alkanes of at least 4 members (excludes halogenated alkanes) is 2. The van der Waals surface area contributed by atoms with Gasteiger partial charge in [0.05, 0.1) is 17.1 Å². The molecule has 0 saturated heterocycles. The lowest BCUT2D eigenvalue weighted by molar-refractivity contribution is -0.142. The summed E-state index contributed by atoms with van der Waals surface area (Å²) in [5, 5.41) is 49.5. The highest BCUT2D eigenvalue weighted by atomic mass is 32.1. The number of amides is 8. The normalized spacial score (nSPS) is 15.3. The lowest BCUT2D eigenvalue weighted by Crippen LogP contribution is -2.61. The molecule has 1 aromatic carbocycles. The van der Waals surface area contributed by atoms with Crippen molar-refractivity contribution >= 4 is 76.4 Å². The van der Waals surface area contributed by atoms with Crippen LogP contribution in [0.4, 0.5) is 0 Å². The molecule has 0 unspecified atom stereocenters. The number of carboxylic acid groups (broad SMARTS) is 2. The number of rotatable bonds is 34. The second-order valence-corrected chi connectivity index (χ2v) is 17.3. The number of nitrogens with two attached hydrogens (primary N) is 4. The maximum absolute atomic E-state index is 13.8. The number of benzene rings is 1. The predicted octanol–water partition coefficient (Wildman–Crippen LogP) is -3.85. The van der Waals surface area contributed by atoms with Gasteiger partial charge >= 0.3 is 11.9 Å². The van der Waals surface area contributed by atoms with E-state index in [0.29, 0.717) is 37.8 Å². The molecule has 0 heterocycles. The van der Waals surface area contributed by atoms with Crippen LogP contribution in [-0.4, -0.2) is 153 Å². The van der Waals surface area contributed by atoms with Gasteiger partial charge in [-0.1, -0.05) is 42.5 Å². The highest BCUT2D eigenvalue weighted by Gasteiger charge is 2.35. The van der Waals surface area contributed by atoms with Gasteiger partial charge in [-0.3, -0.25) is 43.2 Å². The van der Waals surface area contributed by atoms with Crippen LogP contribution in [-0.2, 0) is 54.4 Å². The van der Waals surface area contributed by atoms with Gasteiger partial charge < -0.3 is 80.8 Å². The van der Waals surface area contributed by atoms with Crippen molar-refractivity contribution < 1.29 is 63.3 Å². The number of thiocarbonyl (C=S) groups is 1. The van der Waals surface area contributed by atoms with Gasteiger partial charge in [0.15, 0.2) is 0 Å². The lowest BCUT2D eigenvalue weighted by atomic mass is 10.0. The summed E-state index contributed by atoms with van der Waals surface area (Å²) in [6, 6.07) is -3.32. The molecule has 25 nitrogen and oxygen atoms in total. The summed E-state index contributed by atoms with van der Waals surface area (Å²) in [7, 11) is 0. The van der Waals surface area contributed by atoms with E-state index in [1.54, 1.807) is 37.3 Å². The summed E-state index contributed by atoms with van der Waals surface area (Å²) in [5.74, 6) is -9.84. The van der Waals surface area contributed by atoms with E-state index in [2.05, 4.69) is 42.5 Å². The van der Waals surface area contributed by atoms with Gasteiger partial charge in [0.25, 0.3) is 0 Å². The lowest BCUT2D eigenvalue weighted by Gasteiger charge is -2.28. The van der Waals surface area contributed by atoms with E-state index >= 15 is 0 Å². The Morgan fingerprint density at radius 3 is 1.46 bits per heavy atom. The van der Waals surface area contributed by atoms with E-state index < -0.39 is 133 Å². The number of hydrogen-bond donors (Lipinski definition) is 15. The highest BCUT2D eigenvalue weighted by Crippen LogP contribution is 2.10. The molecule has 0 bridgehead atoms. The zero-order chi connectivity index (χ0) is 53.1. The average Bonchev–Trinajstić information content (AvgIpc) is 3.29. The molecule has 0 aliphatic heterocycles. The van der Waals surface area contributed by atoms with Crippen molar-refractivity contribution in [3.05, 3.63) is 35.9 Å². The number of aliphatic hydroxyl groups excluding tert-OH is 1. The standard InChI is InChI=1S/C44H72N12O13S/c1-23(47)43(70)55-29(15-9-11-21-46)39(64)52-30(17-19-34(59)60)40(65)56-35(26(4)57)42(67)50-24(2)36(61)49-25(3)37(62)51-28(14-8-10-20-45)38(63)54-32(22-27-12-6-5-7-13-27)41(66)53-31(44(68)69)16-18-33(48)58/h5-7,12-13,23-26,28-32,35,57H,8-11,14-22,45-47H2,1-4H3,(H2,48,58)(H,49,61)(H,50,67)(H,51,62)(H,52,64)(H,53,66)(H,54,63)(H,55,70)(H,56,65)(H,59,60)(H,68,69)/t23-,24-,25-,26+,28-,29-,30-,31-,32-,35-/m0/s1. The molecule has 26 heteroatoms. The Morgan fingerprint density at radius 2 is 0.971 bits per heavy atom. The molecule has 0 aliphatic rings. The highest BCUT2D eigenvalue weighted by molar-refractivity contribution is 7.80. The molecule has 1 rings (SSSR count).